The van der Waals surface area contributed by atoms with Crippen LogP contribution in [-0.2, 0) is 4.79 Å². The van der Waals surface area contributed by atoms with Gasteiger partial charge in [-0.1, -0.05) is 35.3 Å². The molecule has 0 aliphatic heterocycles. The number of para-hydroxylation sites is 2. The molecule has 0 heterocycles. The zero-order valence-electron chi connectivity index (χ0n) is 11.2. The van der Waals surface area contributed by atoms with Gasteiger partial charge in [-0.2, -0.15) is 0 Å². The molecule has 0 bridgehead atoms. The first kappa shape index (κ1) is 15.5. The third-order valence-electron chi connectivity index (χ3n) is 2.63. The van der Waals surface area contributed by atoms with E-state index in [9.17, 15) is 4.79 Å². The summed E-state index contributed by atoms with van der Waals surface area (Å²) in [7, 11) is 1.54. The SMILES string of the molecule is COc1ccccc1NC(=O)COc1ccc(Cl)cc1Cl. The zero-order valence-corrected chi connectivity index (χ0v) is 12.7. The first-order chi connectivity index (χ1) is 10.1. The standard InChI is InChI=1S/C15H13Cl2NO3/c1-20-14-5-3-2-4-12(14)18-15(19)9-21-13-7-6-10(16)8-11(13)17/h2-8H,9H2,1H3,(H,18,19). The molecule has 1 N–H and O–H groups in total. The Morgan fingerprint density at radius 2 is 1.90 bits per heavy atom. The molecular formula is C15H13Cl2NO3. The Bertz CT molecular complexity index is 647. The van der Waals surface area contributed by atoms with Gasteiger partial charge in [-0.25, -0.2) is 0 Å². The molecule has 1 amide bonds. The number of ether oxygens (including phenoxy) is 2. The molecule has 0 aliphatic carbocycles. The third kappa shape index (κ3) is 4.28. The van der Waals surface area contributed by atoms with Gasteiger partial charge >= 0.3 is 0 Å². The number of carbonyl (C=O) groups is 1. The minimum atomic E-state index is -0.314. The van der Waals surface area contributed by atoms with Crippen LogP contribution in [0.2, 0.25) is 10.0 Å². The average Bonchev–Trinajstić information content (AvgIpc) is 2.47. The third-order valence-corrected chi connectivity index (χ3v) is 3.16. The van der Waals surface area contributed by atoms with E-state index in [0.717, 1.165) is 0 Å². The molecule has 2 rings (SSSR count). The summed E-state index contributed by atoms with van der Waals surface area (Å²) >= 11 is 11.7. The lowest BCUT2D eigenvalue weighted by Crippen LogP contribution is -2.20. The van der Waals surface area contributed by atoms with E-state index in [0.29, 0.717) is 27.2 Å². The van der Waals surface area contributed by atoms with Gasteiger partial charge in [-0.05, 0) is 30.3 Å². The van der Waals surface area contributed by atoms with Crippen molar-refractivity contribution in [1.29, 1.82) is 0 Å². The van der Waals surface area contributed by atoms with Gasteiger partial charge in [-0.3, -0.25) is 4.79 Å². The summed E-state index contributed by atoms with van der Waals surface area (Å²) in [6, 6.07) is 11.9. The fourth-order valence-electron chi connectivity index (χ4n) is 1.67. The maximum Gasteiger partial charge on any atom is 0.262 e. The Balaban J connectivity index is 1.96. The summed E-state index contributed by atoms with van der Waals surface area (Å²) in [5, 5.41) is 3.56. The summed E-state index contributed by atoms with van der Waals surface area (Å²) < 4.78 is 10.5. The second-order valence-electron chi connectivity index (χ2n) is 4.11. The minimum absolute atomic E-state index is 0.167. The number of hydrogen-bond donors (Lipinski definition) is 1. The molecular weight excluding hydrogens is 313 g/mol. The van der Waals surface area contributed by atoms with E-state index in [2.05, 4.69) is 5.32 Å². The fraction of sp³-hybridized carbons (Fsp3) is 0.133. The summed E-state index contributed by atoms with van der Waals surface area (Å²) in [4.78, 5) is 11.9. The molecule has 0 radical (unpaired) electrons. The normalized spacial score (nSPS) is 10.0. The monoisotopic (exact) mass is 325 g/mol. The number of rotatable bonds is 5. The molecule has 0 aromatic heterocycles. The molecule has 2 aromatic rings. The van der Waals surface area contributed by atoms with Crippen LogP contribution in [0.15, 0.2) is 42.5 Å². The van der Waals surface area contributed by atoms with Crippen molar-refractivity contribution in [3.63, 3.8) is 0 Å². The topological polar surface area (TPSA) is 47.6 Å². The first-order valence-corrected chi connectivity index (χ1v) is 6.86. The Morgan fingerprint density at radius 1 is 1.14 bits per heavy atom. The van der Waals surface area contributed by atoms with Gasteiger partial charge in [0.2, 0.25) is 0 Å². The number of nitrogens with one attached hydrogen (secondary N) is 1. The van der Waals surface area contributed by atoms with Gasteiger partial charge in [0.05, 0.1) is 17.8 Å². The molecule has 21 heavy (non-hydrogen) atoms. The lowest BCUT2D eigenvalue weighted by atomic mass is 10.3. The molecule has 0 saturated carbocycles. The van der Waals surface area contributed by atoms with Crippen LogP contribution in [0.25, 0.3) is 0 Å². The van der Waals surface area contributed by atoms with Gasteiger partial charge in [0, 0.05) is 5.02 Å². The van der Waals surface area contributed by atoms with Gasteiger partial charge in [0.1, 0.15) is 11.5 Å². The number of benzene rings is 2. The van der Waals surface area contributed by atoms with Gasteiger partial charge in [0.15, 0.2) is 6.61 Å². The van der Waals surface area contributed by atoms with Crippen molar-refractivity contribution in [2.24, 2.45) is 0 Å². The van der Waals surface area contributed by atoms with Crippen molar-refractivity contribution in [1.82, 2.24) is 0 Å². The molecule has 0 atom stereocenters. The van der Waals surface area contributed by atoms with Crippen LogP contribution >= 0.6 is 23.2 Å². The van der Waals surface area contributed by atoms with E-state index in [1.54, 1.807) is 36.4 Å². The van der Waals surface area contributed by atoms with Gasteiger partial charge in [0.25, 0.3) is 5.91 Å². The highest BCUT2D eigenvalue weighted by Crippen LogP contribution is 2.27. The number of amides is 1. The van der Waals surface area contributed by atoms with Gasteiger partial charge < -0.3 is 14.8 Å². The maximum atomic E-state index is 11.9. The van der Waals surface area contributed by atoms with Crippen LogP contribution < -0.4 is 14.8 Å². The lowest BCUT2D eigenvalue weighted by Gasteiger charge is -2.11. The number of methoxy groups -OCH3 is 1. The van der Waals surface area contributed by atoms with Crippen LogP contribution in [0, 0.1) is 0 Å². The van der Waals surface area contributed by atoms with E-state index in [1.165, 1.54) is 7.11 Å². The smallest absolute Gasteiger partial charge is 0.262 e. The highest BCUT2D eigenvalue weighted by Gasteiger charge is 2.09. The number of carbonyl (C=O) groups excluding carboxylic acids is 1. The zero-order chi connectivity index (χ0) is 15.2. The van der Waals surface area contributed by atoms with Crippen LogP contribution in [0.5, 0.6) is 11.5 Å². The van der Waals surface area contributed by atoms with Crippen molar-refractivity contribution in [3.05, 3.63) is 52.5 Å². The Morgan fingerprint density at radius 3 is 2.62 bits per heavy atom. The van der Waals surface area contributed by atoms with E-state index in [-0.39, 0.29) is 12.5 Å². The molecule has 2 aromatic carbocycles. The van der Waals surface area contributed by atoms with Crippen LogP contribution in [0.1, 0.15) is 0 Å². The van der Waals surface area contributed by atoms with Crippen LogP contribution in [0.3, 0.4) is 0 Å². The average molecular weight is 326 g/mol. The fourth-order valence-corrected chi connectivity index (χ4v) is 2.13. The molecule has 0 saturated heterocycles. The van der Waals surface area contributed by atoms with Crippen molar-refractivity contribution in [2.75, 3.05) is 19.0 Å². The Hall–Kier alpha value is -1.91. The summed E-state index contributed by atoms with van der Waals surface area (Å²) in [6.45, 7) is -0.167. The largest absolute Gasteiger partial charge is 0.495 e. The Kier molecular flexibility index (Phi) is 5.31. The summed E-state index contributed by atoms with van der Waals surface area (Å²) in [5.41, 5.74) is 0.579. The summed E-state index contributed by atoms with van der Waals surface area (Å²) in [6.07, 6.45) is 0. The second kappa shape index (κ2) is 7.20. The van der Waals surface area contributed by atoms with E-state index in [4.69, 9.17) is 32.7 Å². The first-order valence-electron chi connectivity index (χ1n) is 6.11. The predicted molar refractivity (Wildman–Crippen MR) is 83.6 cm³/mol. The van der Waals surface area contributed by atoms with Crippen LogP contribution in [-0.4, -0.2) is 19.6 Å². The van der Waals surface area contributed by atoms with E-state index < -0.39 is 0 Å². The van der Waals surface area contributed by atoms with Crippen LogP contribution in [0.4, 0.5) is 5.69 Å². The number of hydrogen-bond acceptors (Lipinski definition) is 3. The predicted octanol–water partition coefficient (Wildman–Crippen LogP) is 4.02. The highest BCUT2D eigenvalue weighted by atomic mass is 35.5. The quantitative estimate of drug-likeness (QED) is 0.903. The molecule has 0 spiro atoms. The molecule has 0 unspecified atom stereocenters. The van der Waals surface area contributed by atoms with E-state index >= 15 is 0 Å². The van der Waals surface area contributed by atoms with Crippen molar-refractivity contribution < 1.29 is 14.3 Å². The second-order valence-corrected chi connectivity index (χ2v) is 4.96. The number of anilines is 1. The van der Waals surface area contributed by atoms with Crippen molar-refractivity contribution in [2.45, 2.75) is 0 Å². The number of halogens is 2. The van der Waals surface area contributed by atoms with Gasteiger partial charge in [-0.15, -0.1) is 0 Å². The molecule has 0 aliphatic rings. The molecule has 4 nitrogen and oxygen atoms in total. The Labute approximate surface area is 132 Å². The minimum Gasteiger partial charge on any atom is -0.495 e. The summed E-state index contributed by atoms with van der Waals surface area (Å²) in [5.74, 6) is 0.664. The highest BCUT2D eigenvalue weighted by molar-refractivity contribution is 6.35. The molecule has 6 heteroatoms. The molecule has 0 fully saturated rings. The maximum absolute atomic E-state index is 11.9. The lowest BCUT2D eigenvalue weighted by molar-refractivity contribution is -0.118. The van der Waals surface area contributed by atoms with E-state index in [1.807, 2.05) is 6.07 Å². The van der Waals surface area contributed by atoms with Crippen molar-refractivity contribution in [3.8, 4) is 11.5 Å². The van der Waals surface area contributed by atoms with Crippen molar-refractivity contribution >= 4 is 34.8 Å². The molecule has 110 valence electrons.